The average molecular weight is 276 g/mol. The summed E-state index contributed by atoms with van der Waals surface area (Å²) in [6, 6.07) is 6.24. The molecule has 5 N–H and O–H groups in total. The van der Waals surface area contributed by atoms with Crippen LogP contribution in [-0.4, -0.2) is 24.0 Å². The van der Waals surface area contributed by atoms with Gasteiger partial charge >= 0.3 is 6.03 Å². The van der Waals surface area contributed by atoms with E-state index in [2.05, 4.69) is 16.0 Å². The molecule has 0 aliphatic carbocycles. The van der Waals surface area contributed by atoms with Gasteiger partial charge in [-0.2, -0.15) is 0 Å². The number of nitrogens with two attached hydrogens (primary N) is 1. The molecule has 108 valence electrons. The normalized spacial score (nSPS) is 22.1. The zero-order valence-corrected chi connectivity index (χ0v) is 11.5. The van der Waals surface area contributed by atoms with Crippen molar-refractivity contribution in [3.8, 4) is 0 Å². The highest BCUT2D eigenvalue weighted by molar-refractivity contribution is 5.98. The molecule has 3 amide bonds. The van der Waals surface area contributed by atoms with E-state index in [1.807, 2.05) is 6.92 Å². The molecule has 1 unspecified atom stereocenters. The quantitative estimate of drug-likeness (QED) is 0.676. The molecular weight excluding hydrogens is 256 g/mol. The summed E-state index contributed by atoms with van der Waals surface area (Å²) in [5, 5.41) is 8.62. The number of carbonyl (C=O) groups is 2. The monoisotopic (exact) mass is 276 g/mol. The number of piperidine rings is 1. The molecular formula is C14H20N4O2. The number of hydrogen-bond acceptors (Lipinski definition) is 3. The molecule has 1 atom stereocenters. The molecule has 1 aliphatic heterocycles. The molecule has 1 heterocycles. The highest BCUT2D eigenvalue weighted by Crippen LogP contribution is 2.21. The second kappa shape index (κ2) is 5.92. The standard InChI is InChI=1S/C14H20N4O2/c1-14(8-2-3-9-16-14)12(19)17-10-4-6-11(7-5-10)18-13(15)20/h4-7,16H,2-3,8-9H2,1H3,(H,17,19)(H3,15,18,20). The second-order valence-electron chi connectivity index (χ2n) is 5.24. The Morgan fingerprint density at radius 1 is 1.15 bits per heavy atom. The van der Waals surface area contributed by atoms with Crippen molar-refractivity contribution in [3.63, 3.8) is 0 Å². The van der Waals surface area contributed by atoms with E-state index in [9.17, 15) is 9.59 Å². The zero-order chi connectivity index (χ0) is 14.6. The fourth-order valence-electron chi connectivity index (χ4n) is 2.30. The molecule has 0 aromatic heterocycles. The van der Waals surface area contributed by atoms with Crippen LogP contribution in [0.4, 0.5) is 16.2 Å². The fraction of sp³-hybridized carbons (Fsp3) is 0.429. The molecule has 0 saturated carbocycles. The minimum atomic E-state index is -0.610. The summed E-state index contributed by atoms with van der Waals surface area (Å²) >= 11 is 0. The van der Waals surface area contributed by atoms with Crippen LogP contribution in [-0.2, 0) is 4.79 Å². The van der Waals surface area contributed by atoms with Crippen molar-refractivity contribution in [2.45, 2.75) is 31.7 Å². The molecule has 1 aliphatic rings. The maximum atomic E-state index is 12.3. The third-order valence-electron chi connectivity index (χ3n) is 3.53. The number of carbonyl (C=O) groups excluding carboxylic acids is 2. The van der Waals surface area contributed by atoms with E-state index in [4.69, 9.17) is 5.73 Å². The summed E-state index contributed by atoms with van der Waals surface area (Å²) in [6.07, 6.45) is 2.99. The molecule has 0 radical (unpaired) electrons. The Morgan fingerprint density at radius 3 is 2.25 bits per heavy atom. The smallest absolute Gasteiger partial charge is 0.316 e. The van der Waals surface area contributed by atoms with Crippen molar-refractivity contribution in [2.24, 2.45) is 5.73 Å². The van der Waals surface area contributed by atoms with E-state index >= 15 is 0 Å². The summed E-state index contributed by atoms with van der Waals surface area (Å²) in [6.45, 7) is 2.79. The summed E-state index contributed by atoms with van der Waals surface area (Å²) < 4.78 is 0. The van der Waals surface area contributed by atoms with Crippen molar-refractivity contribution in [3.05, 3.63) is 24.3 Å². The molecule has 1 aromatic rings. The van der Waals surface area contributed by atoms with Crippen LogP contribution in [0, 0.1) is 0 Å². The lowest BCUT2D eigenvalue weighted by Gasteiger charge is -2.33. The predicted molar refractivity (Wildman–Crippen MR) is 78.5 cm³/mol. The van der Waals surface area contributed by atoms with Gasteiger partial charge in [0.15, 0.2) is 0 Å². The van der Waals surface area contributed by atoms with E-state index in [1.54, 1.807) is 24.3 Å². The van der Waals surface area contributed by atoms with Crippen molar-refractivity contribution in [1.29, 1.82) is 0 Å². The molecule has 1 saturated heterocycles. The minimum Gasteiger partial charge on any atom is -0.351 e. The number of urea groups is 1. The number of hydrogen-bond donors (Lipinski definition) is 4. The molecule has 1 aromatic carbocycles. The van der Waals surface area contributed by atoms with Crippen LogP contribution in [0.25, 0.3) is 0 Å². The van der Waals surface area contributed by atoms with E-state index in [1.165, 1.54) is 0 Å². The number of anilines is 2. The first-order valence-corrected chi connectivity index (χ1v) is 6.73. The summed E-state index contributed by atoms with van der Waals surface area (Å²) in [4.78, 5) is 23.0. The van der Waals surface area contributed by atoms with E-state index in [-0.39, 0.29) is 5.91 Å². The molecule has 0 bridgehead atoms. The SMILES string of the molecule is CC1(C(=O)Nc2ccc(NC(N)=O)cc2)CCCCN1. The Morgan fingerprint density at radius 2 is 1.75 bits per heavy atom. The van der Waals surface area contributed by atoms with E-state index < -0.39 is 11.6 Å². The van der Waals surface area contributed by atoms with Gasteiger partial charge in [-0.15, -0.1) is 0 Å². The molecule has 6 nitrogen and oxygen atoms in total. The topological polar surface area (TPSA) is 96.2 Å². The number of nitrogens with one attached hydrogen (secondary N) is 3. The van der Waals surface area contributed by atoms with Crippen LogP contribution in [0.5, 0.6) is 0 Å². The molecule has 2 rings (SSSR count). The third-order valence-corrected chi connectivity index (χ3v) is 3.53. The Balaban J connectivity index is 1.98. The maximum Gasteiger partial charge on any atom is 0.316 e. The van der Waals surface area contributed by atoms with Gasteiger partial charge in [0.05, 0.1) is 5.54 Å². The lowest BCUT2D eigenvalue weighted by Crippen LogP contribution is -2.54. The second-order valence-corrected chi connectivity index (χ2v) is 5.24. The lowest BCUT2D eigenvalue weighted by molar-refractivity contribution is -0.122. The van der Waals surface area contributed by atoms with E-state index in [0.29, 0.717) is 11.4 Å². The predicted octanol–water partition coefficient (Wildman–Crippen LogP) is 1.65. The average Bonchev–Trinajstić information content (AvgIpc) is 2.41. The van der Waals surface area contributed by atoms with Gasteiger partial charge in [0.1, 0.15) is 0 Å². The highest BCUT2D eigenvalue weighted by Gasteiger charge is 2.34. The molecule has 1 fully saturated rings. The van der Waals surface area contributed by atoms with Crippen LogP contribution in [0.3, 0.4) is 0 Å². The number of amides is 3. The van der Waals surface area contributed by atoms with Gasteiger partial charge in [0.2, 0.25) is 5.91 Å². The van der Waals surface area contributed by atoms with Crippen molar-refractivity contribution in [1.82, 2.24) is 5.32 Å². The Hall–Kier alpha value is -2.08. The summed E-state index contributed by atoms with van der Waals surface area (Å²) in [5.41, 5.74) is 5.81. The van der Waals surface area contributed by atoms with Crippen molar-refractivity contribution < 1.29 is 9.59 Å². The van der Waals surface area contributed by atoms with Crippen LogP contribution in [0.15, 0.2) is 24.3 Å². The Labute approximate surface area is 118 Å². The first kappa shape index (κ1) is 14.3. The molecule has 6 heteroatoms. The Kier molecular flexibility index (Phi) is 4.24. The number of primary amides is 1. The largest absolute Gasteiger partial charge is 0.351 e. The van der Waals surface area contributed by atoms with Gasteiger partial charge in [-0.1, -0.05) is 0 Å². The van der Waals surface area contributed by atoms with Gasteiger partial charge in [0, 0.05) is 11.4 Å². The van der Waals surface area contributed by atoms with Crippen LogP contribution in [0.1, 0.15) is 26.2 Å². The van der Waals surface area contributed by atoms with Crippen LogP contribution in [0.2, 0.25) is 0 Å². The maximum absolute atomic E-state index is 12.3. The van der Waals surface area contributed by atoms with E-state index in [0.717, 1.165) is 25.8 Å². The number of benzene rings is 1. The van der Waals surface area contributed by atoms with Crippen molar-refractivity contribution >= 4 is 23.3 Å². The van der Waals surface area contributed by atoms with Crippen LogP contribution >= 0.6 is 0 Å². The highest BCUT2D eigenvalue weighted by atomic mass is 16.2. The van der Waals surface area contributed by atoms with Gasteiger partial charge < -0.3 is 21.7 Å². The molecule has 20 heavy (non-hydrogen) atoms. The first-order chi connectivity index (χ1) is 9.49. The molecule has 0 spiro atoms. The van der Waals surface area contributed by atoms with Gasteiger partial charge in [-0.3, -0.25) is 4.79 Å². The fourth-order valence-corrected chi connectivity index (χ4v) is 2.30. The third kappa shape index (κ3) is 3.48. The lowest BCUT2D eigenvalue weighted by atomic mass is 9.90. The zero-order valence-electron chi connectivity index (χ0n) is 11.5. The minimum absolute atomic E-state index is 0.0344. The summed E-state index contributed by atoms with van der Waals surface area (Å²) in [5.74, 6) is -0.0344. The van der Waals surface area contributed by atoms with Gasteiger partial charge in [-0.05, 0) is 57.0 Å². The van der Waals surface area contributed by atoms with Crippen LogP contribution < -0.4 is 21.7 Å². The van der Waals surface area contributed by atoms with Crippen molar-refractivity contribution in [2.75, 3.05) is 17.2 Å². The number of rotatable bonds is 3. The van der Waals surface area contributed by atoms with Gasteiger partial charge in [0.25, 0.3) is 0 Å². The first-order valence-electron chi connectivity index (χ1n) is 6.73. The van der Waals surface area contributed by atoms with Gasteiger partial charge in [-0.25, -0.2) is 4.79 Å². The Bertz CT molecular complexity index is 492. The summed E-state index contributed by atoms with van der Waals surface area (Å²) in [7, 11) is 0.